The van der Waals surface area contributed by atoms with Gasteiger partial charge < -0.3 is 19.5 Å². The average Bonchev–Trinajstić information content (AvgIpc) is 3.23. The number of H-pyrrole nitrogens is 1. The van der Waals surface area contributed by atoms with Crippen LogP contribution in [0.5, 0.6) is 0 Å². The molecule has 2 aromatic carbocycles. The molecule has 0 aliphatic carbocycles. The molecule has 180 valence electrons. The molecule has 2 aliphatic heterocycles. The second kappa shape index (κ2) is 9.76. The molecular formula is C27H35N5O2. The maximum absolute atomic E-state index is 13.5. The zero-order valence-corrected chi connectivity index (χ0v) is 20.5. The van der Waals surface area contributed by atoms with Crippen molar-refractivity contribution in [2.45, 2.75) is 33.4 Å². The highest BCUT2D eigenvalue weighted by Crippen LogP contribution is 2.24. The molecule has 1 aromatic heterocycles. The lowest BCUT2D eigenvalue weighted by Crippen LogP contribution is -2.56. The first-order valence-corrected chi connectivity index (χ1v) is 12.4. The van der Waals surface area contributed by atoms with Gasteiger partial charge in [0.15, 0.2) is 0 Å². The van der Waals surface area contributed by atoms with Crippen LogP contribution in [0.4, 0.5) is 5.69 Å². The number of fused-ring (bicyclic) bond motifs is 1. The predicted octanol–water partition coefficient (Wildman–Crippen LogP) is 3.69. The molecule has 0 spiro atoms. The Bertz CT molecular complexity index is 1150. The van der Waals surface area contributed by atoms with Gasteiger partial charge in [0.25, 0.3) is 5.91 Å². The van der Waals surface area contributed by atoms with Gasteiger partial charge in [-0.15, -0.1) is 0 Å². The number of amides is 1. The molecule has 0 radical (unpaired) electrons. The normalized spacial score (nSPS) is 19.8. The zero-order chi connectivity index (χ0) is 23.7. The van der Waals surface area contributed by atoms with Gasteiger partial charge >= 0.3 is 0 Å². The van der Waals surface area contributed by atoms with E-state index in [1.165, 1.54) is 11.3 Å². The van der Waals surface area contributed by atoms with E-state index in [2.05, 4.69) is 62.8 Å². The van der Waals surface area contributed by atoms with Crippen molar-refractivity contribution < 1.29 is 9.53 Å². The first-order valence-electron chi connectivity index (χ1n) is 12.4. The Kier molecular flexibility index (Phi) is 6.57. The topological polar surface area (TPSA) is 64.7 Å². The summed E-state index contributed by atoms with van der Waals surface area (Å²) in [6, 6.07) is 14.9. The van der Waals surface area contributed by atoms with Gasteiger partial charge in [0.05, 0.1) is 24.2 Å². The van der Waals surface area contributed by atoms with Crippen LogP contribution in [0.1, 0.15) is 35.6 Å². The molecule has 1 N–H and O–H groups in total. The Labute approximate surface area is 201 Å². The second-order valence-corrected chi connectivity index (χ2v) is 9.87. The fourth-order valence-electron chi connectivity index (χ4n) is 5.20. The molecule has 0 saturated carbocycles. The molecule has 7 heteroatoms. The van der Waals surface area contributed by atoms with E-state index in [0.717, 1.165) is 74.9 Å². The second-order valence-electron chi connectivity index (χ2n) is 9.87. The maximum atomic E-state index is 13.5. The van der Waals surface area contributed by atoms with Gasteiger partial charge in [-0.3, -0.25) is 9.69 Å². The van der Waals surface area contributed by atoms with E-state index in [4.69, 9.17) is 4.74 Å². The van der Waals surface area contributed by atoms with E-state index < -0.39 is 0 Å². The number of carbonyl (C=O) groups excluding carboxylic acids is 1. The summed E-state index contributed by atoms with van der Waals surface area (Å²) in [4.78, 5) is 28.2. The molecule has 1 unspecified atom stereocenters. The molecule has 7 nitrogen and oxygen atoms in total. The van der Waals surface area contributed by atoms with Gasteiger partial charge in [0.1, 0.15) is 5.82 Å². The lowest BCUT2D eigenvalue weighted by atomic mass is 9.97. The Hall–Kier alpha value is -2.90. The van der Waals surface area contributed by atoms with Crippen LogP contribution in [0, 0.1) is 12.8 Å². The minimum Gasteiger partial charge on any atom is -0.378 e. The number of rotatable bonds is 5. The number of nitrogens with zero attached hydrogens (tertiary/aromatic N) is 4. The van der Waals surface area contributed by atoms with E-state index in [-0.39, 0.29) is 11.9 Å². The number of imidazole rings is 1. The van der Waals surface area contributed by atoms with Crippen LogP contribution in [0.25, 0.3) is 11.0 Å². The third-order valence-corrected chi connectivity index (χ3v) is 7.07. The maximum Gasteiger partial charge on any atom is 0.254 e. The van der Waals surface area contributed by atoms with Gasteiger partial charge in [-0.05, 0) is 48.7 Å². The van der Waals surface area contributed by atoms with Crippen LogP contribution in [-0.4, -0.2) is 77.7 Å². The number of carbonyl (C=O) groups is 1. The van der Waals surface area contributed by atoms with Crippen LogP contribution in [0.15, 0.2) is 42.5 Å². The van der Waals surface area contributed by atoms with Crippen molar-refractivity contribution in [2.75, 3.05) is 50.8 Å². The third kappa shape index (κ3) is 4.81. The summed E-state index contributed by atoms with van der Waals surface area (Å²) in [5.74, 6) is 1.36. The lowest BCUT2D eigenvalue weighted by molar-refractivity contribution is 0.0329. The quantitative estimate of drug-likeness (QED) is 0.628. The minimum atomic E-state index is 0.113. The largest absolute Gasteiger partial charge is 0.378 e. The van der Waals surface area contributed by atoms with E-state index in [0.29, 0.717) is 5.92 Å². The molecule has 34 heavy (non-hydrogen) atoms. The summed E-state index contributed by atoms with van der Waals surface area (Å²) in [5, 5.41) is 0. The van der Waals surface area contributed by atoms with Crippen LogP contribution < -0.4 is 4.90 Å². The van der Waals surface area contributed by atoms with Crippen molar-refractivity contribution in [3.05, 3.63) is 59.4 Å². The number of anilines is 1. The summed E-state index contributed by atoms with van der Waals surface area (Å²) in [5.41, 5.74) is 5.15. The smallest absolute Gasteiger partial charge is 0.254 e. The Morgan fingerprint density at radius 2 is 1.94 bits per heavy atom. The fourth-order valence-corrected chi connectivity index (χ4v) is 5.20. The fraction of sp³-hybridized carbons (Fsp3) is 0.481. The van der Waals surface area contributed by atoms with Gasteiger partial charge in [-0.2, -0.15) is 0 Å². The lowest BCUT2D eigenvalue weighted by Gasteiger charge is -2.43. The Morgan fingerprint density at radius 3 is 2.74 bits per heavy atom. The zero-order valence-electron chi connectivity index (χ0n) is 20.5. The average molecular weight is 462 g/mol. The van der Waals surface area contributed by atoms with Gasteiger partial charge in [0, 0.05) is 56.6 Å². The molecule has 5 rings (SSSR count). The van der Waals surface area contributed by atoms with Gasteiger partial charge in [-0.1, -0.05) is 26.0 Å². The van der Waals surface area contributed by atoms with Crippen molar-refractivity contribution in [3.63, 3.8) is 0 Å². The Morgan fingerprint density at radius 1 is 1.12 bits per heavy atom. The monoisotopic (exact) mass is 461 g/mol. The number of nitrogens with one attached hydrogen (secondary N) is 1. The van der Waals surface area contributed by atoms with Crippen molar-refractivity contribution in [1.29, 1.82) is 0 Å². The number of piperazine rings is 1. The molecule has 2 aliphatic rings. The van der Waals surface area contributed by atoms with Gasteiger partial charge in [-0.25, -0.2) is 4.98 Å². The molecule has 0 bridgehead atoms. The number of hydrogen-bond donors (Lipinski definition) is 1. The van der Waals surface area contributed by atoms with Crippen LogP contribution in [0.2, 0.25) is 0 Å². The molecule has 2 fully saturated rings. The summed E-state index contributed by atoms with van der Waals surface area (Å²) in [6.45, 7) is 13.3. The van der Waals surface area contributed by atoms with E-state index in [9.17, 15) is 4.79 Å². The number of ether oxygens (including phenoxy) is 1. The highest BCUT2D eigenvalue weighted by atomic mass is 16.5. The van der Waals surface area contributed by atoms with Gasteiger partial charge in [0.2, 0.25) is 0 Å². The molecule has 3 aromatic rings. The first-order chi connectivity index (χ1) is 16.5. The van der Waals surface area contributed by atoms with E-state index >= 15 is 0 Å². The number of aromatic nitrogens is 2. The number of morpholine rings is 1. The molecule has 1 amide bonds. The number of aryl methyl sites for hydroxylation is 1. The van der Waals surface area contributed by atoms with Crippen molar-refractivity contribution >= 4 is 22.6 Å². The first kappa shape index (κ1) is 22.9. The molecule has 3 heterocycles. The standard InChI is InChI=1S/C27H35N5O2/c1-19(2)26-18-30(17-21-5-4-6-23(15-21)31-11-13-34-14-12-31)9-10-32(26)27(33)22-7-8-24-25(16-22)29-20(3)28-24/h4-8,15-16,19,26H,9-14,17-18H2,1-3H3,(H,28,29). The van der Waals surface area contributed by atoms with E-state index in [1.54, 1.807) is 0 Å². The van der Waals surface area contributed by atoms with Crippen LogP contribution in [-0.2, 0) is 11.3 Å². The summed E-state index contributed by atoms with van der Waals surface area (Å²) >= 11 is 0. The van der Waals surface area contributed by atoms with Crippen molar-refractivity contribution in [2.24, 2.45) is 5.92 Å². The summed E-state index contributed by atoms with van der Waals surface area (Å²) in [6.07, 6.45) is 0. The SMILES string of the molecule is Cc1nc2ccc(C(=O)N3CCN(Cc4cccc(N5CCOCC5)c4)CC3C(C)C)cc2[nH]1. The molecular weight excluding hydrogens is 426 g/mol. The predicted molar refractivity (Wildman–Crippen MR) is 135 cm³/mol. The molecule has 2 saturated heterocycles. The van der Waals surface area contributed by atoms with Crippen LogP contribution in [0.3, 0.4) is 0 Å². The highest BCUT2D eigenvalue weighted by molar-refractivity contribution is 5.97. The van der Waals surface area contributed by atoms with Crippen LogP contribution >= 0.6 is 0 Å². The summed E-state index contributed by atoms with van der Waals surface area (Å²) in [7, 11) is 0. The number of aromatic amines is 1. The number of benzene rings is 2. The van der Waals surface area contributed by atoms with E-state index in [1.807, 2.05) is 25.1 Å². The third-order valence-electron chi connectivity index (χ3n) is 7.07. The van der Waals surface area contributed by atoms with Crippen molar-refractivity contribution in [1.82, 2.24) is 19.8 Å². The minimum absolute atomic E-state index is 0.113. The van der Waals surface area contributed by atoms with Crippen molar-refractivity contribution in [3.8, 4) is 0 Å². The Balaban J connectivity index is 1.28. The number of hydrogen-bond acceptors (Lipinski definition) is 5. The highest BCUT2D eigenvalue weighted by Gasteiger charge is 2.33. The summed E-state index contributed by atoms with van der Waals surface area (Å²) < 4.78 is 5.50. The molecule has 1 atom stereocenters.